The second-order valence-electron chi connectivity index (χ2n) is 6.66. The number of hydrogen-bond acceptors (Lipinski definition) is 7. The Bertz CT molecular complexity index is 1130. The molecular formula is C21H20N4O3S2. The van der Waals surface area contributed by atoms with Crippen molar-refractivity contribution in [2.75, 3.05) is 0 Å². The molecule has 2 aromatic heterocycles. The fourth-order valence-electron chi connectivity index (χ4n) is 3.15. The van der Waals surface area contributed by atoms with Crippen molar-refractivity contribution in [3.8, 4) is 5.75 Å². The molecule has 1 aromatic carbocycles. The highest BCUT2D eigenvalue weighted by Gasteiger charge is 2.34. The van der Waals surface area contributed by atoms with Gasteiger partial charge in [0.2, 0.25) is 0 Å². The molecule has 2 N–H and O–H groups in total. The second kappa shape index (κ2) is 8.76. The molecule has 0 fully saturated rings. The monoisotopic (exact) mass is 440 g/mol. The molecule has 3 heterocycles. The second-order valence-corrected chi connectivity index (χ2v) is 8.70. The summed E-state index contributed by atoms with van der Waals surface area (Å²) >= 11 is 2.79. The molecule has 3 aromatic rings. The molecule has 1 unspecified atom stereocenters. The van der Waals surface area contributed by atoms with Crippen molar-refractivity contribution >= 4 is 29.0 Å². The first kappa shape index (κ1) is 20.2. The lowest BCUT2D eigenvalue weighted by atomic mass is 10.2. The van der Waals surface area contributed by atoms with E-state index in [0.717, 1.165) is 16.3 Å². The number of nitrogens with zero attached hydrogens (tertiary/aromatic N) is 3. The molecule has 1 atom stereocenters. The van der Waals surface area contributed by atoms with Crippen molar-refractivity contribution in [1.29, 1.82) is 0 Å². The zero-order valence-electron chi connectivity index (χ0n) is 16.2. The summed E-state index contributed by atoms with van der Waals surface area (Å²) < 4.78 is 7.33. The number of allylic oxidation sites excluding steroid dienone is 1. The maximum Gasteiger partial charge on any atom is 0.257 e. The maximum absolute atomic E-state index is 12.9. The highest BCUT2D eigenvalue weighted by molar-refractivity contribution is 8.04. The van der Waals surface area contributed by atoms with Crippen LogP contribution in [0.3, 0.4) is 0 Å². The zero-order valence-corrected chi connectivity index (χ0v) is 17.9. The summed E-state index contributed by atoms with van der Waals surface area (Å²) in [7, 11) is 0. The fourth-order valence-corrected chi connectivity index (χ4v) is 5.03. The predicted octanol–water partition coefficient (Wildman–Crippen LogP) is 3.31. The maximum atomic E-state index is 12.9. The number of primary amides is 1. The predicted molar refractivity (Wildman–Crippen MR) is 118 cm³/mol. The minimum Gasteiger partial charge on any atom is -0.489 e. The smallest absolute Gasteiger partial charge is 0.257 e. The Morgan fingerprint density at radius 1 is 1.27 bits per heavy atom. The molecule has 0 spiro atoms. The third kappa shape index (κ3) is 4.27. The number of amides is 1. The van der Waals surface area contributed by atoms with Gasteiger partial charge in [-0.3, -0.25) is 14.2 Å². The van der Waals surface area contributed by atoms with Gasteiger partial charge in [-0.25, -0.2) is 4.98 Å². The Morgan fingerprint density at radius 3 is 2.73 bits per heavy atom. The van der Waals surface area contributed by atoms with E-state index in [9.17, 15) is 9.59 Å². The van der Waals surface area contributed by atoms with E-state index in [-0.39, 0.29) is 5.56 Å². The molecule has 154 valence electrons. The molecule has 4 rings (SSSR count). The van der Waals surface area contributed by atoms with Crippen molar-refractivity contribution in [1.82, 2.24) is 14.5 Å². The summed E-state index contributed by atoms with van der Waals surface area (Å²) in [6.45, 7) is 2.70. The number of hydrogen-bond donors (Lipinski definition) is 1. The Kier molecular flexibility index (Phi) is 5.91. The summed E-state index contributed by atoms with van der Waals surface area (Å²) in [5.41, 5.74) is 6.67. The normalized spacial score (nSPS) is 16.2. The van der Waals surface area contributed by atoms with Crippen molar-refractivity contribution in [2.24, 2.45) is 5.73 Å². The number of thioether (sulfide) groups is 1. The van der Waals surface area contributed by atoms with E-state index in [4.69, 9.17) is 10.5 Å². The van der Waals surface area contributed by atoms with Crippen LogP contribution in [0.4, 0.5) is 0 Å². The van der Waals surface area contributed by atoms with Crippen LogP contribution in [0.25, 0.3) is 0 Å². The third-order valence-corrected chi connectivity index (χ3v) is 6.86. The minimum atomic E-state index is -0.500. The molecule has 9 heteroatoms. The van der Waals surface area contributed by atoms with Gasteiger partial charge in [0.05, 0.1) is 11.4 Å². The molecule has 0 saturated carbocycles. The van der Waals surface area contributed by atoms with Crippen LogP contribution in [-0.4, -0.2) is 20.4 Å². The molecule has 1 aliphatic rings. The molecule has 0 bridgehead atoms. The van der Waals surface area contributed by atoms with E-state index in [1.165, 1.54) is 29.2 Å². The molecule has 1 amide bonds. The number of pyridine rings is 1. The summed E-state index contributed by atoms with van der Waals surface area (Å²) in [4.78, 5) is 31.5. The first-order valence-corrected chi connectivity index (χ1v) is 11.0. The number of carbonyl (C=O) groups excluding carboxylic acids is 1. The van der Waals surface area contributed by atoms with E-state index in [1.54, 1.807) is 23.0 Å². The lowest BCUT2D eigenvalue weighted by Crippen LogP contribution is -2.32. The van der Waals surface area contributed by atoms with Gasteiger partial charge < -0.3 is 15.4 Å². The summed E-state index contributed by atoms with van der Waals surface area (Å²) in [5.74, 6) is -0.00520. The minimum absolute atomic E-state index is 0.222. The number of thiazole rings is 1. The Hall–Kier alpha value is -3.04. The van der Waals surface area contributed by atoms with Crippen LogP contribution in [0.15, 0.2) is 75.6 Å². The van der Waals surface area contributed by atoms with Crippen LogP contribution in [-0.2, 0) is 17.9 Å². The van der Waals surface area contributed by atoms with Crippen molar-refractivity contribution in [2.45, 2.75) is 25.6 Å². The van der Waals surface area contributed by atoms with Gasteiger partial charge in [-0.2, -0.15) is 0 Å². The van der Waals surface area contributed by atoms with Crippen LogP contribution in [0.2, 0.25) is 0 Å². The average Bonchev–Trinajstić information content (AvgIpc) is 3.36. The molecule has 0 radical (unpaired) electrons. The van der Waals surface area contributed by atoms with Gasteiger partial charge in [0.25, 0.3) is 11.5 Å². The zero-order chi connectivity index (χ0) is 21.1. The topological polar surface area (TPSA) is 90.4 Å². The van der Waals surface area contributed by atoms with E-state index >= 15 is 0 Å². The average molecular weight is 441 g/mol. The van der Waals surface area contributed by atoms with E-state index < -0.39 is 11.4 Å². The van der Waals surface area contributed by atoms with Crippen LogP contribution in [0.5, 0.6) is 5.75 Å². The summed E-state index contributed by atoms with van der Waals surface area (Å²) in [6.07, 6.45) is 3.42. The van der Waals surface area contributed by atoms with Crippen LogP contribution < -0.4 is 16.0 Å². The number of nitrogens with two attached hydrogens (primary N) is 1. The Labute approximate surface area is 181 Å². The molecule has 1 aliphatic heterocycles. The van der Waals surface area contributed by atoms with Gasteiger partial charge in [-0.05, 0) is 18.6 Å². The molecule has 30 heavy (non-hydrogen) atoms. The van der Waals surface area contributed by atoms with Crippen LogP contribution >= 0.6 is 23.1 Å². The highest BCUT2D eigenvalue weighted by Crippen LogP contribution is 2.44. The third-order valence-electron chi connectivity index (χ3n) is 4.67. The summed E-state index contributed by atoms with van der Waals surface area (Å²) in [6, 6.07) is 13.0. The molecule has 7 nitrogen and oxygen atoms in total. The Morgan fingerprint density at radius 2 is 2.07 bits per heavy atom. The van der Waals surface area contributed by atoms with Gasteiger partial charge in [0.15, 0.2) is 5.50 Å². The van der Waals surface area contributed by atoms with Crippen molar-refractivity contribution < 1.29 is 9.53 Å². The number of carbonyl (C=O) groups is 1. The number of benzene rings is 1. The van der Waals surface area contributed by atoms with E-state index in [1.807, 2.05) is 47.5 Å². The van der Waals surface area contributed by atoms with Gasteiger partial charge in [-0.1, -0.05) is 42.1 Å². The first-order chi connectivity index (χ1) is 14.5. The van der Waals surface area contributed by atoms with Gasteiger partial charge in [0, 0.05) is 29.5 Å². The first-order valence-electron chi connectivity index (χ1n) is 9.24. The lowest BCUT2D eigenvalue weighted by molar-refractivity contribution is -0.114. The van der Waals surface area contributed by atoms with Gasteiger partial charge in [0.1, 0.15) is 17.4 Å². The van der Waals surface area contributed by atoms with Crippen molar-refractivity contribution in [3.05, 3.63) is 91.8 Å². The quantitative estimate of drug-likeness (QED) is 0.606. The van der Waals surface area contributed by atoms with Gasteiger partial charge in [-0.15, -0.1) is 11.3 Å². The Balaban J connectivity index is 1.57. The van der Waals surface area contributed by atoms with Crippen LogP contribution in [0, 0.1) is 0 Å². The number of ether oxygens (including phenoxy) is 1. The number of aromatic nitrogens is 2. The SMILES string of the molecule is CC1=C(C(N)=O)SC(n2ccc(OCc3ccccc3)cc2=O)N1Cc1nccs1. The molecule has 0 aliphatic carbocycles. The largest absolute Gasteiger partial charge is 0.489 e. The van der Waals surface area contributed by atoms with E-state index in [0.29, 0.717) is 23.8 Å². The molecule has 0 saturated heterocycles. The van der Waals surface area contributed by atoms with E-state index in [2.05, 4.69) is 4.98 Å². The van der Waals surface area contributed by atoms with Crippen LogP contribution in [0.1, 0.15) is 23.0 Å². The highest BCUT2D eigenvalue weighted by atomic mass is 32.2. The number of rotatable bonds is 7. The summed E-state index contributed by atoms with van der Waals surface area (Å²) in [5, 5.41) is 2.79. The lowest BCUT2D eigenvalue weighted by Gasteiger charge is -2.28. The van der Waals surface area contributed by atoms with Gasteiger partial charge >= 0.3 is 0 Å². The van der Waals surface area contributed by atoms with Crippen molar-refractivity contribution in [3.63, 3.8) is 0 Å². The fraction of sp³-hybridized carbons (Fsp3) is 0.190. The standard InChI is InChI=1S/C21H20N4O3S2/c1-14-19(20(22)27)30-21(25(14)12-17-23-8-10-29-17)24-9-7-16(11-18(24)26)28-13-15-5-3-2-4-6-15/h2-11,21H,12-13H2,1H3,(H2,22,27). The molecular weight excluding hydrogens is 420 g/mol.